The minimum absolute atomic E-state index is 0.149. The normalized spacial score (nSPS) is 16.4. The molecular formula is C8H15BINO2. The molecule has 1 N–H and O–H groups in total. The molecule has 0 saturated heterocycles. The van der Waals surface area contributed by atoms with Gasteiger partial charge in [-0.15, -0.1) is 0 Å². The summed E-state index contributed by atoms with van der Waals surface area (Å²) in [6.07, 6.45) is -0.149. The lowest BCUT2D eigenvalue weighted by Gasteiger charge is -2.32. The monoisotopic (exact) mass is 295 g/mol. The first-order valence-corrected chi connectivity index (χ1v) is 5.00. The summed E-state index contributed by atoms with van der Waals surface area (Å²) in [5, 5.41) is 2.16. The van der Waals surface area contributed by atoms with Gasteiger partial charge in [0.15, 0.2) is 0 Å². The van der Waals surface area contributed by atoms with Crippen LogP contribution in [0.4, 0.5) is 0 Å². The lowest BCUT2D eigenvalue weighted by molar-refractivity contribution is -0.129. The second-order valence-electron chi connectivity index (χ2n) is 4.15. The molecule has 0 spiro atoms. The van der Waals surface area contributed by atoms with Gasteiger partial charge in [0.1, 0.15) is 23.0 Å². The van der Waals surface area contributed by atoms with Crippen molar-refractivity contribution in [3.05, 3.63) is 0 Å². The summed E-state index contributed by atoms with van der Waals surface area (Å²) in [5.74, 6) is -0.425. The molecule has 5 heteroatoms. The predicted molar refractivity (Wildman–Crippen MR) is 61.4 cm³/mol. The maximum absolute atomic E-state index is 11.4. The van der Waals surface area contributed by atoms with Crippen molar-refractivity contribution in [3.63, 3.8) is 0 Å². The third-order valence-corrected chi connectivity index (χ3v) is 2.77. The highest BCUT2D eigenvalue weighted by Crippen LogP contribution is 2.31. The Balaban J connectivity index is 4.65. The van der Waals surface area contributed by atoms with Crippen LogP contribution in [0.2, 0.25) is 0 Å². The molecule has 0 aromatic rings. The van der Waals surface area contributed by atoms with Gasteiger partial charge >= 0.3 is 0 Å². The van der Waals surface area contributed by atoms with Crippen molar-refractivity contribution in [2.75, 3.05) is 0 Å². The van der Waals surface area contributed by atoms with Crippen LogP contribution in [0, 0.1) is 11.3 Å². The Kier molecular flexibility index (Phi) is 5.28. The van der Waals surface area contributed by atoms with Gasteiger partial charge in [-0.2, -0.15) is 0 Å². The summed E-state index contributed by atoms with van der Waals surface area (Å²) in [6, 6.07) is 0. The molecule has 0 aromatic carbocycles. The molecule has 74 valence electrons. The van der Waals surface area contributed by atoms with E-state index in [0.29, 0.717) is 0 Å². The van der Waals surface area contributed by atoms with Crippen molar-refractivity contribution in [1.82, 2.24) is 5.23 Å². The van der Waals surface area contributed by atoms with Crippen molar-refractivity contribution in [2.24, 2.45) is 11.3 Å². The molecule has 0 aromatic heterocycles. The lowest BCUT2D eigenvalue weighted by atomic mass is 9.77. The van der Waals surface area contributed by atoms with Crippen LogP contribution in [0.25, 0.3) is 0 Å². The van der Waals surface area contributed by atoms with Crippen LogP contribution in [0.15, 0.2) is 0 Å². The van der Waals surface area contributed by atoms with E-state index in [1.165, 1.54) is 0 Å². The van der Waals surface area contributed by atoms with Gasteiger partial charge in [-0.25, -0.2) is 0 Å². The third kappa shape index (κ3) is 3.85. The highest BCUT2D eigenvalue weighted by molar-refractivity contribution is 14.1. The molecule has 3 nitrogen and oxygen atoms in total. The van der Waals surface area contributed by atoms with Crippen LogP contribution < -0.4 is 5.23 Å². The average Bonchev–Trinajstić information content (AvgIpc) is 2.01. The molecule has 2 unspecified atom stereocenters. The Hall–Kier alpha value is 0.225. The lowest BCUT2D eigenvalue weighted by Crippen LogP contribution is -2.43. The number of carbonyl (C=O) groups excluding carboxylic acids is 1. The quantitative estimate of drug-likeness (QED) is 0.634. The maximum atomic E-state index is 11.4. The van der Waals surface area contributed by atoms with Crippen LogP contribution in [0.3, 0.4) is 0 Å². The second kappa shape index (κ2) is 5.19. The van der Waals surface area contributed by atoms with Crippen LogP contribution in [0.1, 0.15) is 27.7 Å². The number of hydrogen-bond acceptors (Lipinski definition) is 2. The summed E-state index contributed by atoms with van der Waals surface area (Å²) in [7, 11) is 5.10. The van der Waals surface area contributed by atoms with Crippen LogP contribution in [-0.2, 0) is 7.86 Å². The Labute approximate surface area is 95.1 Å². The molecule has 0 heterocycles. The smallest absolute Gasteiger partial charge is 0.226 e. The zero-order valence-electron chi connectivity index (χ0n) is 8.43. The van der Waals surface area contributed by atoms with E-state index < -0.39 is 0 Å². The van der Waals surface area contributed by atoms with E-state index in [0.717, 1.165) is 0 Å². The second-order valence-corrected chi connectivity index (χ2v) is 4.66. The van der Waals surface area contributed by atoms with Crippen molar-refractivity contribution >= 4 is 36.9 Å². The fourth-order valence-corrected chi connectivity index (χ4v) is 1.75. The molecular weight excluding hydrogens is 280 g/mol. The molecule has 0 aliphatic heterocycles. The number of amides is 1. The Bertz CT molecular complexity index is 181. The standard InChI is InChI=1S/C8H15BINO2/c1-5(13-10)6(7(12)11-9)8(2,3)4/h5-6H,1-4H3,(H,11,12). The van der Waals surface area contributed by atoms with E-state index in [1.54, 1.807) is 23.0 Å². The topological polar surface area (TPSA) is 38.3 Å². The van der Waals surface area contributed by atoms with Gasteiger partial charge in [-0.05, 0) is 12.3 Å². The molecule has 0 aliphatic rings. The van der Waals surface area contributed by atoms with Gasteiger partial charge in [-0.1, -0.05) is 20.8 Å². The van der Waals surface area contributed by atoms with Crippen molar-refractivity contribution < 1.29 is 7.86 Å². The van der Waals surface area contributed by atoms with Crippen molar-refractivity contribution in [2.45, 2.75) is 33.8 Å². The van der Waals surface area contributed by atoms with Gasteiger partial charge < -0.3 is 8.29 Å². The van der Waals surface area contributed by atoms with E-state index in [4.69, 9.17) is 11.0 Å². The summed E-state index contributed by atoms with van der Waals surface area (Å²) in [4.78, 5) is 11.4. The average molecular weight is 295 g/mol. The van der Waals surface area contributed by atoms with Crippen LogP contribution in [-0.4, -0.2) is 20.0 Å². The minimum Gasteiger partial charge on any atom is -0.409 e. The van der Waals surface area contributed by atoms with Gasteiger partial charge in [0, 0.05) is 0 Å². The predicted octanol–water partition coefficient (Wildman–Crippen LogP) is 1.60. The Morgan fingerprint density at radius 1 is 1.54 bits per heavy atom. The van der Waals surface area contributed by atoms with E-state index in [9.17, 15) is 4.79 Å². The van der Waals surface area contributed by atoms with Gasteiger partial charge in [0.25, 0.3) is 0 Å². The van der Waals surface area contributed by atoms with Gasteiger partial charge in [0.2, 0.25) is 13.9 Å². The largest absolute Gasteiger partial charge is 0.409 e. The van der Waals surface area contributed by atoms with Gasteiger partial charge in [-0.3, -0.25) is 4.79 Å². The van der Waals surface area contributed by atoms with Gasteiger partial charge in [0.05, 0.1) is 12.0 Å². The van der Waals surface area contributed by atoms with E-state index in [1.807, 2.05) is 27.7 Å². The first-order valence-electron chi connectivity index (χ1n) is 4.12. The zero-order valence-corrected chi connectivity index (χ0v) is 10.6. The third-order valence-electron chi connectivity index (χ3n) is 1.97. The summed E-state index contributed by atoms with van der Waals surface area (Å²) < 4.78 is 5.12. The van der Waals surface area contributed by atoms with Crippen LogP contribution in [0.5, 0.6) is 0 Å². The summed E-state index contributed by atoms with van der Waals surface area (Å²) in [5.41, 5.74) is -0.159. The Morgan fingerprint density at radius 2 is 2.00 bits per heavy atom. The molecule has 13 heavy (non-hydrogen) atoms. The zero-order chi connectivity index (χ0) is 10.6. The molecule has 0 aliphatic carbocycles. The first-order chi connectivity index (χ1) is 5.84. The number of rotatable bonds is 3. The highest BCUT2D eigenvalue weighted by Gasteiger charge is 2.35. The number of hydrogen-bond donors (Lipinski definition) is 1. The summed E-state index contributed by atoms with van der Waals surface area (Å²) in [6.45, 7) is 7.81. The Morgan fingerprint density at radius 3 is 2.23 bits per heavy atom. The number of halogens is 1. The number of carbonyl (C=O) groups is 1. The minimum atomic E-state index is -0.241. The van der Waals surface area contributed by atoms with E-state index >= 15 is 0 Å². The maximum Gasteiger partial charge on any atom is 0.226 e. The fraction of sp³-hybridized carbons (Fsp3) is 0.875. The fourth-order valence-electron chi connectivity index (χ4n) is 1.45. The molecule has 0 saturated carbocycles. The molecule has 2 radical (unpaired) electrons. The van der Waals surface area contributed by atoms with E-state index in [2.05, 4.69) is 5.23 Å². The molecule has 0 fully saturated rings. The molecule has 1 amide bonds. The van der Waals surface area contributed by atoms with Crippen molar-refractivity contribution in [3.8, 4) is 0 Å². The van der Waals surface area contributed by atoms with Crippen molar-refractivity contribution in [1.29, 1.82) is 0 Å². The molecule has 0 bridgehead atoms. The molecule has 0 rings (SSSR count). The SMILES string of the molecule is [B]NC(=O)C(C(C)OI)C(C)(C)C. The van der Waals surface area contributed by atoms with Crippen LogP contribution >= 0.6 is 23.0 Å². The van der Waals surface area contributed by atoms with E-state index in [-0.39, 0.29) is 23.3 Å². The molecule has 2 atom stereocenters. The first kappa shape index (κ1) is 13.2. The highest BCUT2D eigenvalue weighted by atomic mass is 127. The number of nitrogens with one attached hydrogen (secondary N) is 1. The summed E-state index contributed by atoms with van der Waals surface area (Å²) >= 11 is 1.80.